The van der Waals surface area contributed by atoms with Gasteiger partial charge in [-0.25, -0.2) is 8.78 Å². The first kappa shape index (κ1) is 12.9. The number of aryl methyl sites for hydroxylation is 1. The number of benzene rings is 1. The van der Waals surface area contributed by atoms with Crippen molar-refractivity contribution < 1.29 is 8.78 Å². The van der Waals surface area contributed by atoms with E-state index < -0.39 is 11.6 Å². The molecule has 0 radical (unpaired) electrons. The monoisotopic (exact) mass is 299 g/mol. The van der Waals surface area contributed by atoms with Crippen LogP contribution in [0.1, 0.15) is 29.3 Å². The molecule has 0 spiro atoms. The summed E-state index contributed by atoms with van der Waals surface area (Å²) in [5, 5.41) is 3.15. The normalized spacial score (nSPS) is 18.2. The van der Waals surface area contributed by atoms with E-state index in [2.05, 4.69) is 5.32 Å². The van der Waals surface area contributed by atoms with Crippen molar-refractivity contribution in [3.63, 3.8) is 0 Å². The molecule has 1 aromatic heterocycles. The highest BCUT2D eigenvalue weighted by Gasteiger charge is 2.23. The Labute approximate surface area is 119 Å². The molecule has 1 nitrogen and oxygen atoms in total. The largest absolute Gasteiger partial charge is 0.376 e. The average molecular weight is 300 g/mol. The van der Waals surface area contributed by atoms with Gasteiger partial charge in [0.15, 0.2) is 0 Å². The van der Waals surface area contributed by atoms with Crippen LogP contribution in [0.2, 0.25) is 4.34 Å². The lowest BCUT2D eigenvalue weighted by Crippen LogP contribution is -2.16. The first-order valence-corrected chi connectivity index (χ1v) is 7.32. The molecule has 0 amide bonds. The maximum Gasteiger partial charge on any atom is 0.149 e. The lowest BCUT2D eigenvalue weighted by atomic mass is 9.94. The Balaban J connectivity index is 1.88. The minimum Gasteiger partial charge on any atom is -0.376 e. The van der Waals surface area contributed by atoms with Crippen LogP contribution in [0.3, 0.4) is 0 Å². The van der Waals surface area contributed by atoms with Crippen LogP contribution in [0.4, 0.5) is 14.5 Å². The van der Waals surface area contributed by atoms with E-state index in [-0.39, 0.29) is 6.04 Å². The summed E-state index contributed by atoms with van der Waals surface area (Å²) in [6.07, 6.45) is 3.00. The van der Waals surface area contributed by atoms with Gasteiger partial charge >= 0.3 is 0 Å². The molecule has 1 N–H and O–H groups in total. The Bertz CT molecular complexity index is 611. The fraction of sp³-hybridized carbons (Fsp3) is 0.286. The van der Waals surface area contributed by atoms with Gasteiger partial charge < -0.3 is 5.32 Å². The second kappa shape index (κ2) is 5.10. The van der Waals surface area contributed by atoms with Crippen molar-refractivity contribution in [1.29, 1.82) is 0 Å². The summed E-state index contributed by atoms with van der Waals surface area (Å²) < 4.78 is 27.3. The van der Waals surface area contributed by atoms with Crippen LogP contribution in [0.25, 0.3) is 0 Å². The van der Waals surface area contributed by atoms with E-state index in [1.807, 2.05) is 6.07 Å². The number of halogens is 3. The molecule has 0 aliphatic heterocycles. The summed E-state index contributed by atoms with van der Waals surface area (Å²) in [7, 11) is 0. The Hall–Kier alpha value is -1.13. The van der Waals surface area contributed by atoms with Crippen LogP contribution >= 0.6 is 22.9 Å². The molecule has 3 rings (SSSR count). The lowest BCUT2D eigenvalue weighted by Gasteiger charge is -2.24. The highest BCUT2D eigenvalue weighted by atomic mass is 35.5. The molecule has 5 heteroatoms. The number of hydrogen-bond acceptors (Lipinski definition) is 2. The molecule has 1 aliphatic carbocycles. The minimum absolute atomic E-state index is 0.0486. The number of rotatable bonds is 2. The number of anilines is 1. The van der Waals surface area contributed by atoms with E-state index in [9.17, 15) is 8.78 Å². The molecular weight excluding hydrogens is 288 g/mol. The molecule has 100 valence electrons. The SMILES string of the molecule is Fc1ccc(NC2CCCc3sc(Cl)cc32)c(F)c1. The molecular formula is C14H12ClF2NS. The Morgan fingerprint density at radius 2 is 2.11 bits per heavy atom. The van der Waals surface area contributed by atoms with Crippen molar-refractivity contribution >= 4 is 28.6 Å². The minimum atomic E-state index is -0.564. The number of hydrogen-bond donors (Lipinski definition) is 1. The number of fused-ring (bicyclic) bond motifs is 1. The second-order valence-corrected chi connectivity index (χ2v) is 6.41. The van der Waals surface area contributed by atoms with Crippen molar-refractivity contribution in [1.82, 2.24) is 0 Å². The van der Waals surface area contributed by atoms with Gasteiger partial charge in [-0.1, -0.05) is 11.6 Å². The maximum absolute atomic E-state index is 13.7. The zero-order chi connectivity index (χ0) is 13.4. The summed E-state index contributed by atoms with van der Waals surface area (Å²) in [6.45, 7) is 0. The summed E-state index contributed by atoms with van der Waals surface area (Å²) >= 11 is 7.62. The van der Waals surface area contributed by atoms with E-state index >= 15 is 0 Å². The first-order chi connectivity index (χ1) is 9.13. The zero-order valence-corrected chi connectivity index (χ0v) is 11.6. The fourth-order valence-electron chi connectivity index (χ4n) is 2.47. The highest BCUT2D eigenvalue weighted by Crippen LogP contribution is 2.39. The van der Waals surface area contributed by atoms with E-state index in [0.717, 1.165) is 35.2 Å². The zero-order valence-electron chi connectivity index (χ0n) is 10.1. The molecule has 1 aromatic carbocycles. The summed E-state index contributed by atoms with van der Waals surface area (Å²) in [5.74, 6) is -1.13. The molecule has 2 aromatic rings. The van der Waals surface area contributed by atoms with Crippen LogP contribution in [0.15, 0.2) is 24.3 Å². The Morgan fingerprint density at radius 1 is 1.26 bits per heavy atom. The third-order valence-corrected chi connectivity index (χ3v) is 4.68. The smallest absolute Gasteiger partial charge is 0.149 e. The second-order valence-electron chi connectivity index (χ2n) is 4.64. The molecule has 1 unspecified atom stereocenters. The molecule has 1 aliphatic rings. The van der Waals surface area contributed by atoms with Crippen molar-refractivity contribution in [3.05, 3.63) is 50.7 Å². The molecule has 0 bridgehead atoms. The molecule has 1 heterocycles. The van der Waals surface area contributed by atoms with E-state index in [4.69, 9.17) is 11.6 Å². The first-order valence-electron chi connectivity index (χ1n) is 6.13. The van der Waals surface area contributed by atoms with Gasteiger partial charge in [0, 0.05) is 10.9 Å². The van der Waals surface area contributed by atoms with Gasteiger partial charge in [0.25, 0.3) is 0 Å². The van der Waals surface area contributed by atoms with Crippen LogP contribution in [-0.4, -0.2) is 0 Å². The van der Waals surface area contributed by atoms with Crippen LogP contribution < -0.4 is 5.32 Å². The van der Waals surface area contributed by atoms with Gasteiger partial charge in [0.05, 0.1) is 16.1 Å². The number of thiophene rings is 1. The molecule has 1 atom stereocenters. The molecule has 0 saturated carbocycles. The van der Waals surface area contributed by atoms with E-state index in [1.165, 1.54) is 17.0 Å². The predicted molar refractivity (Wildman–Crippen MR) is 75.0 cm³/mol. The highest BCUT2D eigenvalue weighted by molar-refractivity contribution is 7.16. The van der Waals surface area contributed by atoms with E-state index in [1.54, 1.807) is 11.3 Å². The van der Waals surface area contributed by atoms with Crippen molar-refractivity contribution in [2.24, 2.45) is 0 Å². The van der Waals surface area contributed by atoms with Crippen molar-refractivity contribution in [2.75, 3.05) is 5.32 Å². The summed E-state index contributed by atoms with van der Waals surface area (Å²) in [4.78, 5) is 1.26. The lowest BCUT2D eigenvalue weighted by molar-refractivity contribution is 0.573. The summed E-state index contributed by atoms with van der Waals surface area (Å²) in [5.41, 5.74) is 1.48. The van der Waals surface area contributed by atoms with E-state index in [0.29, 0.717) is 5.69 Å². The molecule has 0 saturated heterocycles. The van der Waals surface area contributed by atoms with Crippen LogP contribution in [-0.2, 0) is 6.42 Å². The number of nitrogens with one attached hydrogen (secondary N) is 1. The Morgan fingerprint density at radius 3 is 2.89 bits per heavy atom. The van der Waals surface area contributed by atoms with Crippen LogP contribution in [0, 0.1) is 11.6 Å². The van der Waals surface area contributed by atoms with Crippen LogP contribution in [0.5, 0.6) is 0 Å². The van der Waals surface area contributed by atoms with Gasteiger partial charge in [0.2, 0.25) is 0 Å². The third kappa shape index (κ3) is 2.60. The van der Waals surface area contributed by atoms with Crippen molar-refractivity contribution in [2.45, 2.75) is 25.3 Å². The molecule has 0 fully saturated rings. The summed E-state index contributed by atoms with van der Waals surface area (Å²) in [6, 6.07) is 5.59. The van der Waals surface area contributed by atoms with Gasteiger partial charge in [-0.15, -0.1) is 11.3 Å². The molecule has 19 heavy (non-hydrogen) atoms. The quantitative estimate of drug-likeness (QED) is 0.806. The van der Waals surface area contributed by atoms with Gasteiger partial charge in [-0.2, -0.15) is 0 Å². The topological polar surface area (TPSA) is 12.0 Å². The average Bonchev–Trinajstić information content (AvgIpc) is 2.74. The van der Waals surface area contributed by atoms with Gasteiger partial charge in [-0.3, -0.25) is 0 Å². The maximum atomic E-state index is 13.7. The fourth-order valence-corrected chi connectivity index (χ4v) is 3.85. The van der Waals surface area contributed by atoms with Gasteiger partial charge in [0.1, 0.15) is 11.6 Å². The standard InChI is InChI=1S/C14H12ClF2NS/c15-14-7-9-11(2-1-3-13(9)19-14)18-12-5-4-8(16)6-10(12)17/h4-7,11,18H,1-3H2. The Kier molecular flexibility index (Phi) is 3.46. The third-order valence-electron chi connectivity index (χ3n) is 3.34. The van der Waals surface area contributed by atoms with Gasteiger partial charge in [-0.05, 0) is 43.0 Å². The predicted octanol–water partition coefficient (Wildman–Crippen LogP) is 5.17. The van der Waals surface area contributed by atoms with Crippen molar-refractivity contribution in [3.8, 4) is 0 Å².